The number of halogens is 1. The number of hydrogen-bond donors (Lipinski definition) is 2. The number of carboxylic acids is 1. The molecule has 1 aliphatic rings. The van der Waals surface area contributed by atoms with Crippen LogP contribution in [0.5, 0.6) is 5.75 Å². The molecule has 1 amide bonds. The van der Waals surface area contributed by atoms with Crippen LogP contribution in [0.2, 0.25) is 0 Å². The molecule has 0 saturated heterocycles. The van der Waals surface area contributed by atoms with E-state index in [4.69, 9.17) is 4.74 Å². The summed E-state index contributed by atoms with van der Waals surface area (Å²) in [5.41, 5.74) is 1.23. The highest BCUT2D eigenvalue weighted by Gasteiger charge is 2.39. The summed E-state index contributed by atoms with van der Waals surface area (Å²) in [6.45, 7) is -0.145. The third kappa shape index (κ3) is 4.81. The van der Waals surface area contributed by atoms with E-state index in [1.165, 1.54) is 29.8 Å². The molecular weight excluding hydrogens is 337 g/mol. The van der Waals surface area contributed by atoms with Gasteiger partial charge in [-0.3, -0.25) is 4.79 Å². The number of rotatable bonds is 8. The molecule has 1 aliphatic carbocycles. The Labute approximate surface area is 150 Å². The highest BCUT2D eigenvalue weighted by molar-refractivity contribution is 5.78. The number of carbonyl (C=O) groups is 2. The van der Waals surface area contributed by atoms with Gasteiger partial charge < -0.3 is 15.2 Å². The zero-order valence-corrected chi connectivity index (χ0v) is 14.1. The standard InChI is InChI=1S/C20H20FNO4/c21-15-6-8-16(9-7-15)26-18(20(24)25)12-22-19(23)11-14-10-17(14)13-4-2-1-3-5-13/h1-9,14,17-18H,10-12H2,(H,22,23)(H,24,25)/t14-,17-,18?/m0/s1. The quantitative estimate of drug-likeness (QED) is 0.762. The van der Waals surface area contributed by atoms with E-state index in [0.717, 1.165) is 6.42 Å². The summed E-state index contributed by atoms with van der Waals surface area (Å²) >= 11 is 0. The topological polar surface area (TPSA) is 75.6 Å². The molecule has 0 bridgehead atoms. The van der Waals surface area contributed by atoms with E-state index in [1.807, 2.05) is 18.2 Å². The first kappa shape index (κ1) is 17.9. The minimum atomic E-state index is -1.23. The van der Waals surface area contributed by atoms with Crippen molar-refractivity contribution in [2.45, 2.75) is 24.9 Å². The number of aliphatic carboxylic acids is 1. The van der Waals surface area contributed by atoms with Crippen molar-refractivity contribution < 1.29 is 23.8 Å². The molecule has 3 atom stereocenters. The molecule has 0 aliphatic heterocycles. The number of amides is 1. The second-order valence-electron chi connectivity index (χ2n) is 6.42. The van der Waals surface area contributed by atoms with Gasteiger partial charge in [0.1, 0.15) is 11.6 Å². The van der Waals surface area contributed by atoms with Gasteiger partial charge in [0.25, 0.3) is 0 Å². The van der Waals surface area contributed by atoms with Crippen molar-refractivity contribution >= 4 is 11.9 Å². The molecular formula is C20H20FNO4. The maximum absolute atomic E-state index is 12.9. The minimum Gasteiger partial charge on any atom is -0.478 e. The summed E-state index contributed by atoms with van der Waals surface area (Å²) in [6, 6.07) is 15.1. The fraction of sp³-hybridized carbons (Fsp3) is 0.300. The molecule has 1 saturated carbocycles. The van der Waals surface area contributed by atoms with Gasteiger partial charge in [-0.1, -0.05) is 30.3 Å². The summed E-state index contributed by atoms with van der Waals surface area (Å²) in [5.74, 6) is -0.897. The van der Waals surface area contributed by atoms with Gasteiger partial charge in [-0.05, 0) is 48.1 Å². The number of hydrogen-bond acceptors (Lipinski definition) is 3. The lowest BCUT2D eigenvalue weighted by Gasteiger charge is -2.16. The third-order valence-corrected chi connectivity index (χ3v) is 4.45. The van der Waals surface area contributed by atoms with Gasteiger partial charge in [0, 0.05) is 6.42 Å². The van der Waals surface area contributed by atoms with Crippen LogP contribution in [0.1, 0.15) is 24.3 Å². The molecule has 1 fully saturated rings. The van der Waals surface area contributed by atoms with Gasteiger partial charge in [0.15, 0.2) is 0 Å². The molecule has 1 unspecified atom stereocenters. The van der Waals surface area contributed by atoms with Crippen LogP contribution in [0.15, 0.2) is 54.6 Å². The van der Waals surface area contributed by atoms with Crippen molar-refractivity contribution in [1.29, 1.82) is 0 Å². The van der Waals surface area contributed by atoms with E-state index < -0.39 is 17.9 Å². The van der Waals surface area contributed by atoms with Crippen LogP contribution in [-0.2, 0) is 9.59 Å². The van der Waals surface area contributed by atoms with Crippen LogP contribution in [-0.4, -0.2) is 29.6 Å². The van der Waals surface area contributed by atoms with Crippen LogP contribution < -0.4 is 10.1 Å². The van der Waals surface area contributed by atoms with Crippen LogP contribution in [0.4, 0.5) is 4.39 Å². The third-order valence-electron chi connectivity index (χ3n) is 4.45. The first-order valence-electron chi connectivity index (χ1n) is 8.49. The molecule has 0 spiro atoms. The number of ether oxygens (including phenoxy) is 1. The Balaban J connectivity index is 1.46. The predicted molar refractivity (Wildman–Crippen MR) is 93.4 cm³/mol. The molecule has 5 nitrogen and oxygen atoms in total. The highest BCUT2D eigenvalue weighted by atomic mass is 19.1. The average molecular weight is 357 g/mol. The average Bonchev–Trinajstić information content (AvgIpc) is 3.39. The lowest BCUT2D eigenvalue weighted by atomic mass is 10.1. The van der Waals surface area contributed by atoms with Gasteiger partial charge in [-0.15, -0.1) is 0 Å². The smallest absolute Gasteiger partial charge is 0.346 e. The predicted octanol–water partition coefficient (Wildman–Crippen LogP) is 2.97. The van der Waals surface area contributed by atoms with Crippen molar-refractivity contribution in [2.24, 2.45) is 5.92 Å². The number of carboxylic acid groups (broad SMARTS) is 1. The zero-order valence-electron chi connectivity index (χ0n) is 14.1. The van der Waals surface area contributed by atoms with E-state index >= 15 is 0 Å². The van der Waals surface area contributed by atoms with Crippen LogP contribution in [0.25, 0.3) is 0 Å². The lowest BCUT2D eigenvalue weighted by molar-refractivity contribution is -0.145. The summed E-state index contributed by atoms with van der Waals surface area (Å²) in [6.07, 6.45) is 0.0995. The molecule has 6 heteroatoms. The Kier molecular flexibility index (Phi) is 5.51. The summed E-state index contributed by atoms with van der Waals surface area (Å²) in [5, 5.41) is 11.9. The largest absolute Gasteiger partial charge is 0.478 e. The Morgan fingerprint density at radius 2 is 1.85 bits per heavy atom. The lowest BCUT2D eigenvalue weighted by Crippen LogP contribution is -2.40. The van der Waals surface area contributed by atoms with Crippen LogP contribution >= 0.6 is 0 Å². The van der Waals surface area contributed by atoms with Crippen LogP contribution in [0, 0.1) is 11.7 Å². The molecule has 26 heavy (non-hydrogen) atoms. The van der Waals surface area contributed by atoms with Crippen LogP contribution in [0.3, 0.4) is 0 Å². The van der Waals surface area contributed by atoms with E-state index in [2.05, 4.69) is 17.4 Å². The van der Waals surface area contributed by atoms with Crippen molar-refractivity contribution in [3.8, 4) is 5.75 Å². The molecule has 136 valence electrons. The Bertz CT molecular complexity index is 763. The monoisotopic (exact) mass is 357 g/mol. The number of benzene rings is 2. The SMILES string of the molecule is O=C(C[C@@H]1C[C@H]1c1ccccc1)NCC(Oc1ccc(F)cc1)C(=O)O. The molecule has 2 N–H and O–H groups in total. The first-order valence-corrected chi connectivity index (χ1v) is 8.49. The first-order chi connectivity index (χ1) is 12.5. The zero-order chi connectivity index (χ0) is 18.5. The normalized spacial score (nSPS) is 19.4. The molecule has 3 rings (SSSR count). The molecule has 0 radical (unpaired) electrons. The van der Waals surface area contributed by atoms with Gasteiger partial charge in [0.2, 0.25) is 12.0 Å². The van der Waals surface area contributed by atoms with Gasteiger partial charge in [0.05, 0.1) is 6.54 Å². The Hall–Kier alpha value is -2.89. The van der Waals surface area contributed by atoms with Crippen molar-refractivity contribution in [3.05, 3.63) is 66.0 Å². The maximum atomic E-state index is 12.9. The second kappa shape index (κ2) is 7.99. The van der Waals surface area contributed by atoms with Crippen molar-refractivity contribution in [3.63, 3.8) is 0 Å². The Morgan fingerprint density at radius 1 is 1.15 bits per heavy atom. The van der Waals surface area contributed by atoms with Crippen molar-refractivity contribution in [2.75, 3.05) is 6.54 Å². The van der Waals surface area contributed by atoms with E-state index in [9.17, 15) is 19.1 Å². The van der Waals surface area contributed by atoms with Gasteiger partial charge >= 0.3 is 5.97 Å². The molecule has 2 aromatic rings. The fourth-order valence-corrected chi connectivity index (χ4v) is 2.96. The fourth-order valence-electron chi connectivity index (χ4n) is 2.96. The molecule has 0 aromatic heterocycles. The number of carbonyl (C=O) groups excluding carboxylic acids is 1. The summed E-state index contributed by atoms with van der Waals surface area (Å²) < 4.78 is 18.2. The van der Waals surface area contributed by atoms with E-state index in [-0.39, 0.29) is 18.2 Å². The maximum Gasteiger partial charge on any atom is 0.346 e. The van der Waals surface area contributed by atoms with Gasteiger partial charge in [-0.2, -0.15) is 0 Å². The minimum absolute atomic E-state index is 0.145. The van der Waals surface area contributed by atoms with Crippen molar-refractivity contribution in [1.82, 2.24) is 5.32 Å². The Morgan fingerprint density at radius 3 is 2.50 bits per heavy atom. The number of nitrogens with one attached hydrogen (secondary N) is 1. The summed E-state index contributed by atoms with van der Waals surface area (Å²) in [7, 11) is 0. The summed E-state index contributed by atoms with van der Waals surface area (Å²) in [4.78, 5) is 23.4. The molecule has 0 heterocycles. The second-order valence-corrected chi connectivity index (χ2v) is 6.42. The molecule has 2 aromatic carbocycles. The van der Waals surface area contributed by atoms with Gasteiger partial charge in [-0.25, -0.2) is 9.18 Å². The highest BCUT2D eigenvalue weighted by Crippen LogP contribution is 2.49. The van der Waals surface area contributed by atoms with E-state index in [0.29, 0.717) is 18.3 Å². The van der Waals surface area contributed by atoms with E-state index in [1.54, 1.807) is 0 Å².